The number of aryl methyl sites for hydroxylation is 1. The van der Waals surface area contributed by atoms with Crippen molar-refractivity contribution >= 4 is 23.7 Å². The van der Waals surface area contributed by atoms with E-state index in [2.05, 4.69) is 10.4 Å². The Morgan fingerprint density at radius 1 is 1.03 bits per heavy atom. The lowest BCUT2D eigenvalue weighted by molar-refractivity contribution is -0.565. The van der Waals surface area contributed by atoms with E-state index in [1.807, 2.05) is 74.4 Å². The van der Waals surface area contributed by atoms with Crippen LogP contribution in [-0.4, -0.2) is 42.8 Å². The summed E-state index contributed by atoms with van der Waals surface area (Å²) in [5.74, 6) is -1.34. The summed E-state index contributed by atoms with van der Waals surface area (Å²) in [6, 6.07) is 19.4. The van der Waals surface area contributed by atoms with Gasteiger partial charge in [0.2, 0.25) is 12.3 Å². The third-order valence-corrected chi connectivity index (χ3v) is 5.58. The molecule has 0 radical (unpaired) electrons. The Morgan fingerprint density at radius 2 is 1.67 bits per heavy atom. The number of amides is 1. The number of rotatable bonds is 5. The maximum absolute atomic E-state index is 13.2. The molecule has 3 aromatic rings. The normalized spacial score (nSPS) is 18.8. The third kappa shape index (κ3) is 4.92. The largest absolute Gasteiger partial charge is 0.856 e. The number of benzene rings is 3. The average molecular weight is 445 g/mol. The predicted octanol–water partition coefficient (Wildman–Crippen LogP) is 2.86. The lowest BCUT2D eigenvalue weighted by Gasteiger charge is -2.20. The fourth-order valence-corrected chi connectivity index (χ4v) is 3.72. The molecule has 0 bridgehead atoms. The smallest absolute Gasteiger partial charge is 0.252 e. The lowest BCUT2D eigenvalue weighted by Crippen LogP contribution is -2.47. The monoisotopic (exact) mass is 444 g/mol. The number of nitrogens with zero attached hydrogens (tertiary/aromatic N) is 3. The van der Waals surface area contributed by atoms with Gasteiger partial charge in [0, 0.05) is 36.5 Å². The zero-order valence-electron chi connectivity index (χ0n) is 18.7. The van der Waals surface area contributed by atoms with Crippen molar-refractivity contribution in [3.63, 3.8) is 0 Å². The van der Waals surface area contributed by atoms with E-state index in [0.29, 0.717) is 0 Å². The topological polar surface area (TPSA) is 70.8 Å². The molecule has 0 aromatic heterocycles. The van der Waals surface area contributed by atoms with E-state index in [1.165, 1.54) is 24.3 Å². The predicted molar refractivity (Wildman–Crippen MR) is 125 cm³/mol. The first-order valence-corrected chi connectivity index (χ1v) is 10.6. The zero-order chi connectivity index (χ0) is 23.5. The number of carbonyl (C=O) groups is 1. The molecule has 1 aliphatic rings. The molecular weight excluding hydrogens is 419 g/mol. The molecule has 2 atom stereocenters. The summed E-state index contributed by atoms with van der Waals surface area (Å²) in [7, 11) is 3.93. The van der Waals surface area contributed by atoms with Crippen molar-refractivity contribution < 1.29 is 19.0 Å². The maximum atomic E-state index is 13.2. The summed E-state index contributed by atoms with van der Waals surface area (Å²) >= 11 is 0. The van der Waals surface area contributed by atoms with Gasteiger partial charge in [0.1, 0.15) is 11.9 Å². The van der Waals surface area contributed by atoms with Crippen LogP contribution in [0.25, 0.3) is 0 Å². The molecule has 0 fully saturated rings. The third-order valence-electron chi connectivity index (χ3n) is 5.58. The van der Waals surface area contributed by atoms with E-state index in [1.54, 1.807) is 10.9 Å². The molecule has 6 nitrogen and oxygen atoms in total. The molecule has 4 rings (SSSR count). The molecule has 0 saturated heterocycles. The Labute approximate surface area is 192 Å². The first-order valence-electron chi connectivity index (χ1n) is 10.6. The van der Waals surface area contributed by atoms with E-state index in [4.69, 9.17) is 0 Å². The van der Waals surface area contributed by atoms with Crippen LogP contribution in [0.5, 0.6) is 0 Å². The molecule has 0 spiro atoms. The number of nitrogens with one attached hydrogen (secondary N) is 1. The molecule has 1 amide bonds. The molecule has 1 aliphatic heterocycles. The molecule has 0 aliphatic carbocycles. The molecule has 0 unspecified atom stereocenters. The Balaban J connectivity index is 1.68. The number of hydrogen-bond donors (Lipinski definition) is 1. The van der Waals surface area contributed by atoms with Gasteiger partial charge < -0.3 is 15.3 Å². The summed E-state index contributed by atoms with van der Waals surface area (Å²) in [6.45, 7) is 1.98. The summed E-state index contributed by atoms with van der Waals surface area (Å²) in [6.07, 6.45) is 1.80. The molecule has 1 N–H and O–H groups in total. The lowest BCUT2D eigenvalue weighted by atomic mass is 9.98. The minimum Gasteiger partial charge on any atom is -0.856 e. The van der Waals surface area contributed by atoms with Crippen LogP contribution < -0.4 is 15.3 Å². The van der Waals surface area contributed by atoms with Gasteiger partial charge in [0.05, 0.1) is 5.90 Å². The van der Waals surface area contributed by atoms with Gasteiger partial charge in [-0.25, -0.2) is 4.39 Å². The van der Waals surface area contributed by atoms with Crippen LogP contribution in [-0.2, 0) is 0 Å². The maximum Gasteiger partial charge on any atom is 0.252 e. The number of hydrazone groups is 1. The molecule has 168 valence electrons. The van der Waals surface area contributed by atoms with Crippen LogP contribution in [0.3, 0.4) is 0 Å². The van der Waals surface area contributed by atoms with Crippen molar-refractivity contribution in [1.29, 1.82) is 0 Å². The zero-order valence-corrected chi connectivity index (χ0v) is 18.7. The highest BCUT2D eigenvalue weighted by Crippen LogP contribution is 2.27. The minimum absolute atomic E-state index is 0.272. The van der Waals surface area contributed by atoms with E-state index in [9.17, 15) is 14.3 Å². The van der Waals surface area contributed by atoms with Crippen LogP contribution >= 0.6 is 0 Å². The summed E-state index contributed by atoms with van der Waals surface area (Å²) < 4.78 is 14.9. The fourth-order valence-electron chi connectivity index (χ4n) is 3.72. The summed E-state index contributed by atoms with van der Waals surface area (Å²) in [5.41, 5.74) is 4.14. The first kappa shape index (κ1) is 22.2. The second kappa shape index (κ2) is 9.24. The van der Waals surface area contributed by atoms with Gasteiger partial charge in [0.25, 0.3) is 5.91 Å². The number of halogens is 1. The van der Waals surface area contributed by atoms with Gasteiger partial charge in [-0.1, -0.05) is 34.5 Å². The summed E-state index contributed by atoms with van der Waals surface area (Å²) in [5, 5.41) is 19.9. The average Bonchev–Trinajstić information content (AvgIpc) is 3.09. The molecule has 7 heteroatoms. The fraction of sp³-hybridized carbons (Fsp3) is 0.192. The van der Waals surface area contributed by atoms with Crippen molar-refractivity contribution in [3.8, 4) is 0 Å². The highest BCUT2D eigenvalue weighted by molar-refractivity contribution is 5.97. The molecule has 0 saturated carbocycles. The van der Waals surface area contributed by atoms with E-state index >= 15 is 0 Å². The molecule has 33 heavy (non-hydrogen) atoms. The molecule has 1 heterocycles. The van der Waals surface area contributed by atoms with Gasteiger partial charge in [-0.15, -0.1) is 0 Å². The summed E-state index contributed by atoms with van der Waals surface area (Å²) in [4.78, 5) is 14.8. The van der Waals surface area contributed by atoms with Crippen LogP contribution in [0.1, 0.15) is 33.1 Å². The van der Waals surface area contributed by atoms with Crippen LogP contribution in [0.15, 0.2) is 77.9 Å². The quantitative estimate of drug-likeness (QED) is 0.616. The number of carbonyl (C=O) groups excluding carboxylic acids is 1. The second-order valence-electron chi connectivity index (χ2n) is 8.25. The molecule has 3 aromatic carbocycles. The van der Waals surface area contributed by atoms with Crippen molar-refractivity contribution in [2.24, 2.45) is 5.10 Å². The van der Waals surface area contributed by atoms with Crippen molar-refractivity contribution in [1.82, 2.24) is 5.32 Å². The van der Waals surface area contributed by atoms with Crippen LogP contribution in [0.4, 0.5) is 10.1 Å². The Kier molecular flexibility index (Phi) is 6.22. The Hall–Kier alpha value is -4.00. The van der Waals surface area contributed by atoms with Gasteiger partial charge >= 0.3 is 0 Å². The van der Waals surface area contributed by atoms with Crippen molar-refractivity contribution in [2.45, 2.75) is 19.0 Å². The van der Waals surface area contributed by atoms with Crippen molar-refractivity contribution in [2.75, 3.05) is 19.0 Å². The highest BCUT2D eigenvalue weighted by Gasteiger charge is 2.41. The SMILES string of the molecule is Cc1ccc([C@H]2[C@@H](NC(=O)c3ccc(F)cc3)C([O-])=N/[N+]2=C\c2ccc(N(C)C)cc2)cc1. The van der Waals surface area contributed by atoms with Gasteiger partial charge in [0.15, 0.2) is 0 Å². The first-order chi connectivity index (χ1) is 15.8. The Bertz CT molecular complexity index is 1200. The van der Waals surface area contributed by atoms with E-state index in [-0.39, 0.29) is 5.56 Å². The molecular formula is C26H25FN4O2. The van der Waals surface area contributed by atoms with Crippen LogP contribution in [0.2, 0.25) is 0 Å². The number of anilines is 1. The highest BCUT2D eigenvalue weighted by atomic mass is 19.1. The standard InChI is InChI=1S/C26H25FN4O2/c1-17-4-8-19(9-5-17)24-23(28-25(32)20-10-12-21(27)13-11-20)26(33)29-31(24)16-18-6-14-22(15-7-18)30(2)3/h4-16,23-24H,1-3H3,(H-,28,29,32,33)/t23-,24+/m1/s1. The van der Waals surface area contributed by atoms with E-state index < -0.39 is 29.7 Å². The minimum atomic E-state index is -0.887. The Morgan fingerprint density at radius 3 is 2.27 bits per heavy atom. The second-order valence-corrected chi connectivity index (χ2v) is 8.25. The van der Waals surface area contributed by atoms with Gasteiger partial charge in [-0.2, -0.15) is 0 Å². The van der Waals surface area contributed by atoms with Crippen LogP contribution in [0, 0.1) is 12.7 Å². The van der Waals surface area contributed by atoms with Crippen molar-refractivity contribution in [3.05, 3.63) is 101 Å². The van der Waals surface area contributed by atoms with Gasteiger partial charge in [-0.05, 0) is 60.6 Å². The van der Waals surface area contributed by atoms with Gasteiger partial charge in [-0.3, -0.25) is 4.79 Å². The number of hydrogen-bond acceptors (Lipinski definition) is 4. The van der Waals surface area contributed by atoms with E-state index in [0.717, 1.165) is 22.4 Å².